The number of aliphatic hydroxyl groups is 2. The van der Waals surface area contributed by atoms with Gasteiger partial charge in [0.05, 0.1) is 12.7 Å². The molecule has 12 nitrogen and oxygen atoms in total. The number of hydrogen-bond donors (Lipinski definition) is 3. The minimum absolute atomic E-state index is 0.0836. The van der Waals surface area contributed by atoms with Gasteiger partial charge in [0, 0.05) is 13.2 Å². The van der Waals surface area contributed by atoms with E-state index in [0.717, 1.165) is 32.1 Å². The van der Waals surface area contributed by atoms with Gasteiger partial charge in [0.25, 0.3) is 0 Å². The number of halogens is 3. The molecule has 0 bridgehead atoms. The molecule has 6 atom stereocenters. The highest BCUT2D eigenvalue weighted by Crippen LogP contribution is 2.52. The molecule has 1 heterocycles. The lowest BCUT2D eigenvalue weighted by Crippen LogP contribution is -2.65. The monoisotopic (exact) mass is 965 g/mol. The lowest BCUT2D eigenvalue weighted by atomic mass is 9.96. The van der Waals surface area contributed by atoms with E-state index in [0.29, 0.717) is 13.0 Å². The van der Waals surface area contributed by atoms with Gasteiger partial charge in [0.1, 0.15) is 42.5 Å². The minimum atomic E-state index is -4.63. The summed E-state index contributed by atoms with van der Waals surface area (Å²) in [4.78, 5) is 13.1. The SMILES string of the molecule is CCCCCCCCCCCCO[C@H](CCCCCCCCCCC)CCO[C@@H]1[C@@H](NC(=O)OCC(Cl)(Cl)Cl)[C@@H](O)O[C@H](CO)[C@H]1OP(=O)(Oc1ccccc1)Oc1ccccc1. The highest BCUT2D eigenvalue weighted by atomic mass is 35.6. The van der Waals surface area contributed by atoms with E-state index in [9.17, 15) is 19.6 Å². The summed E-state index contributed by atoms with van der Waals surface area (Å²) in [7, 11) is -4.63. The van der Waals surface area contributed by atoms with Crippen molar-refractivity contribution in [2.45, 2.75) is 189 Å². The quantitative estimate of drug-likeness (QED) is 0.0344. The van der Waals surface area contributed by atoms with Crippen LogP contribution in [0.15, 0.2) is 60.7 Å². The van der Waals surface area contributed by atoms with Gasteiger partial charge in [0.15, 0.2) is 6.29 Å². The van der Waals surface area contributed by atoms with Gasteiger partial charge in [-0.25, -0.2) is 9.36 Å². The number of unbranched alkanes of at least 4 members (excludes halogenated alkanes) is 17. The molecule has 0 unspecified atom stereocenters. The Morgan fingerprint density at radius 3 is 1.70 bits per heavy atom. The third-order valence-electron chi connectivity index (χ3n) is 10.9. The Labute approximate surface area is 392 Å². The summed E-state index contributed by atoms with van der Waals surface area (Å²) in [6.07, 6.45) is 17.5. The van der Waals surface area contributed by atoms with Crippen molar-refractivity contribution in [1.82, 2.24) is 5.32 Å². The number of ether oxygens (including phenoxy) is 4. The molecule has 0 radical (unpaired) electrons. The number of para-hydroxylation sites is 2. The number of phosphoric acid groups is 1. The number of benzene rings is 2. The van der Waals surface area contributed by atoms with Crippen molar-refractivity contribution in [2.24, 2.45) is 0 Å². The first-order valence-corrected chi connectivity index (χ1v) is 26.0. The lowest BCUT2D eigenvalue weighted by Gasteiger charge is -2.44. The molecule has 2 aromatic carbocycles. The molecule has 16 heteroatoms. The van der Waals surface area contributed by atoms with Crippen LogP contribution < -0.4 is 14.4 Å². The van der Waals surface area contributed by atoms with Crippen molar-refractivity contribution in [3.63, 3.8) is 0 Å². The zero-order valence-corrected chi connectivity index (χ0v) is 40.7. The Morgan fingerprint density at radius 1 is 0.714 bits per heavy atom. The maximum atomic E-state index is 14.7. The second-order valence-corrected chi connectivity index (χ2v) is 20.3. The third kappa shape index (κ3) is 24.5. The second-order valence-electron chi connectivity index (χ2n) is 16.4. The van der Waals surface area contributed by atoms with E-state index in [4.69, 9.17) is 67.3 Å². The van der Waals surface area contributed by atoms with Crippen molar-refractivity contribution in [3.8, 4) is 11.5 Å². The lowest BCUT2D eigenvalue weighted by molar-refractivity contribution is -0.258. The fourth-order valence-electron chi connectivity index (χ4n) is 7.47. The molecule has 3 rings (SSSR count). The highest BCUT2D eigenvalue weighted by molar-refractivity contribution is 7.49. The second kappa shape index (κ2) is 32.8. The Kier molecular flexibility index (Phi) is 28.9. The van der Waals surface area contributed by atoms with Crippen LogP contribution in [0.1, 0.15) is 149 Å². The van der Waals surface area contributed by atoms with E-state index >= 15 is 0 Å². The van der Waals surface area contributed by atoms with Crippen LogP contribution in [0.25, 0.3) is 0 Å². The van der Waals surface area contributed by atoms with Crippen LogP contribution in [0.4, 0.5) is 4.79 Å². The van der Waals surface area contributed by atoms with Crippen LogP contribution >= 0.6 is 42.6 Å². The number of alkyl halides is 3. The fourth-order valence-corrected chi connectivity index (χ4v) is 9.07. The van der Waals surface area contributed by atoms with Gasteiger partial charge < -0.3 is 43.5 Å². The van der Waals surface area contributed by atoms with Gasteiger partial charge in [-0.05, 0) is 43.5 Å². The molecule has 3 N–H and O–H groups in total. The number of aliphatic hydroxyl groups excluding tert-OH is 2. The predicted octanol–water partition coefficient (Wildman–Crippen LogP) is 12.8. The summed E-state index contributed by atoms with van der Waals surface area (Å²) in [6.45, 7) is 3.90. The molecule has 0 aliphatic carbocycles. The van der Waals surface area contributed by atoms with Crippen molar-refractivity contribution < 1.29 is 52.1 Å². The highest BCUT2D eigenvalue weighted by Gasteiger charge is 2.52. The Morgan fingerprint density at radius 2 is 1.21 bits per heavy atom. The minimum Gasteiger partial charge on any atom is -0.445 e. The van der Waals surface area contributed by atoms with Crippen LogP contribution in [0.5, 0.6) is 11.5 Å². The molecule has 0 spiro atoms. The molecular weight excluding hydrogens is 892 g/mol. The predicted molar refractivity (Wildman–Crippen MR) is 251 cm³/mol. The summed E-state index contributed by atoms with van der Waals surface area (Å²) in [5, 5.41) is 24.3. The van der Waals surface area contributed by atoms with Crippen molar-refractivity contribution >= 4 is 48.7 Å². The van der Waals surface area contributed by atoms with Gasteiger partial charge in [0.2, 0.25) is 3.79 Å². The topological polar surface area (TPSA) is 151 Å². The average Bonchev–Trinajstić information content (AvgIpc) is 3.26. The van der Waals surface area contributed by atoms with Gasteiger partial charge in [-0.15, -0.1) is 0 Å². The normalized spacial score (nSPS) is 19.7. The van der Waals surface area contributed by atoms with Crippen LogP contribution in [-0.4, -0.2) is 83.3 Å². The third-order valence-corrected chi connectivity index (χ3v) is 12.6. The summed E-state index contributed by atoms with van der Waals surface area (Å²) in [5.41, 5.74) is 0. The van der Waals surface area contributed by atoms with Gasteiger partial charge >= 0.3 is 13.9 Å². The first-order chi connectivity index (χ1) is 30.5. The van der Waals surface area contributed by atoms with E-state index < -0.39 is 61.6 Å². The molecule has 1 saturated heterocycles. The number of nitrogens with one attached hydrogen (secondary N) is 1. The summed E-state index contributed by atoms with van der Waals surface area (Å²) < 4.78 is 54.6. The van der Waals surface area contributed by atoms with Crippen LogP contribution in [0.2, 0.25) is 0 Å². The zero-order chi connectivity index (χ0) is 45.6. The number of phosphoric ester groups is 1. The maximum absolute atomic E-state index is 14.7. The van der Waals surface area contributed by atoms with Crippen molar-refractivity contribution in [1.29, 1.82) is 0 Å². The number of carbonyl (C=O) groups excluding carboxylic acids is 1. The summed E-state index contributed by atoms with van der Waals surface area (Å²) in [5.74, 6) is 0.353. The molecule has 1 aliphatic heterocycles. The van der Waals surface area contributed by atoms with Crippen LogP contribution in [0, 0.1) is 0 Å². The molecular formula is C47H75Cl3NO11P. The van der Waals surface area contributed by atoms with E-state index in [1.54, 1.807) is 60.7 Å². The number of carbonyl (C=O) groups is 1. The number of hydrogen-bond acceptors (Lipinski definition) is 11. The van der Waals surface area contributed by atoms with Gasteiger partial charge in [-0.3, -0.25) is 4.52 Å². The Balaban J connectivity index is 1.78. The molecule has 1 aliphatic rings. The first-order valence-electron chi connectivity index (χ1n) is 23.4. The van der Waals surface area contributed by atoms with Crippen LogP contribution in [-0.2, 0) is 28.0 Å². The summed E-state index contributed by atoms with van der Waals surface area (Å²) >= 11 is 17.5. The molecule has 1 amide bonds. The molecule has 1 fully saturated rings. The number of amides is 1. The smallest absolute Gasteiger partial charge is 0.445 e. The largest absolute Gasteiger partial charge is 0.588 e. The van der Waals surface area contributed by atoms with Gasteiger partial charge in [-0.1, -0.05) is 201 Å². The average molecular weight is 967 g/mol. The summed E-state index contributed by atoms with van der Waals surface area (Å²) in [6, 6.07) is 15.2. The Hall–Kier alpha value is -1.83. The standard InChI is InChI=1S/C47H75Cl3NO11P/c1-3-5-7-9-11-13-15-17-19-27-34-56-38(28-22-18-16-14-12-10-8-6-4-2)33-35-57-44-42(51-46(54)58-37-47(48,49)50)45(53)59-41(36-52)43(44)62-63(55,60-39-29-23-20-24-30-39)61-40-31-25-21-26-32-40/h20-21,23-26,29-32,38,41-45,52-53H,3-19,22,27-28,33-37H2,1-2H3,(H,51,54)/t38-,41-,42-,43-,44-,45+/m1/s1. The van der Waals surface area contributed by atoms with E-state index in [1.807, 2.05) is 0 Å². The number of rotatable bonds is 35. The number of alkyl carbamates (subject to hydrolysis) is 1. The van der Waals surface area contributed by atoms with E-state index in [2.05, 4.69) is 19.2 Å². The maximum Gasteiger partial charge on any atom is 0.588 e. The van der Waals surface area contributed by atoms with Crippen molar-refractivity contribution in [2.75, 3.05) is 26.4 Å². The fraction of sp³-hybridized carbons (Fsp3) is 0.723. The van der Waals surface area contributed by atoms with Gasteiger partial charge in [-0.2, -0.15) is 0 Å². The molecule has 0 aromatic heterocycles. The molecule has 0 saturated carbocycles. The molecule has 63 heavy (non-hydrogen) atoms. The molecule has 360 valence electrons. The Bertz CT molecular complexity index is 1450. The van der Waals surface area contributed by atoms with E-state index in [1.165, 1.54) is 96.3 Å². The molecule has 2 aromatic rings. The van der Waals surface area contributed by atoms with E-state index in [-0.39, 0.29) is 24.2 Å². The first kappa shape index (κ1) is 55.5. The zero-order valence-electron chi connectivity index (χ0n) is 37.6. The van der Waals surface area contributed by atoms with Crippen LogP contribution in [0.3, 0.4) is 0 Å². The van der Waals surface area contributed by atoms with Crippen molar-refractivity contribution in [3.05, 3.63) is 60.7 Å².